The fraction of sp³-hybridized carbons (Fsp3) is 0.625. The number of rotatable bonds is 3. The third-order valence-corrected chi connectivity index (χ3v) is 2.77. The molecule has 78 valence electrons. The van der Waals surface area contributed by atoms with Gasteiger partial charge in [0.1, 0.15) is 0 Å². The fourth-order valence-electron chi connectivity index (χ4n) is 0.843. The molecule has 0 bridgehead atoms. The van der Waals surface area contributed by atoms with Crippen molar-refractivity contribution in [3.05, 3.63) is 11.9 Å². The van der Waals surface area contributed by atoms with Gasteiger partial charge in [-0.3, -0.25) is 4.79 Å². The van der Waals surface area contributed by atoms with Crippen molar-refractivity contribution in [2.24, 2.45) is 5.73 Å². The summed E-state index contributed by atoms with van der Waals surface area (Å²) in [5.41, 5.74) is 5.58. The fourth-order valence-corrected chi connectivity index (χ4v) is 1.25. The summed E-state index contributed by atoms with van der Waals surface area (Å²) in [7, 11) is 1.72. The van der Waals surface area contributed by atoms with Gasteiger partial charge >= 0.3 is 0 Å². The van der Waals surface area contributed by atoms with E-state index in [4.69, 9.17) is 5.73 Å². The van der Waals surface area contributed by atoms with Crippen LogP contribution >= 0.6 is 11.7 Å². The monoisotopic (exact) mass is 214 g/mol. The molecule has 1 amide bonds. The lowest BCUT2D eigenvalue weighted by molar-refractivity contribution is 0.0635. The van der Waals surface area contributed by atoms with E-state index in [0.29, 0.717) is 12.2 Å². The standard InChI is InChI=1S/C8H14N4OS/c1-8(2,5-9)12(3)7(13)6-4-10-14-11-6/h4H,5,9H2,1-3H3. The number of amides is 1. The first-order valence-corrected chi connectivity index (χ1v) is 4.98. The Morgan fingerprint density at radius 3 is 2.79 bits per heavy atom. The van der Waals surface area contributed by atoms with E-state index < -0.39 is 0 Å². The van der Waals surface area contributed by atoms with E-state index in [1.165, 1.54) is 6.20 Å². The number of nitrogens with zero attached hydrogens (tertiary/aromatic N) is 3. The number of nitrogens with two attached hydrogens (primary N) is 1. The van der Waals surface area contributed by atoms with Gasteiger partial charge in [0.2, 0.25) is 0 Å². The van der Waals surface area contributed by atoms with Gasteiger partial charge < -0.3 is 10.6 Å². The van der Waals surface area contributed by atoms with Crippen LogP contribution < -0.4 is 5.73 Å². The summed E-state index contributed by atoms with van der Waals surface area (Å²) in [6, 6.07) is 0. The predicted molar refractivity (Wildman–Crippen MR) is 55.1 cm³/mol. The molecule has 0 fully saturated rings. The van der Waals surface area contributed by atoms with Crippen molar-refractivity contribution >= 4 is 17.6 Å². The molecule has 1 rings (SSSR count). The molecule has 5 nitrogen and oxygen atoms in total. The minimum absolute atomic E-state index is 0.144. The van der Waals surface area contributed by atoms with Crippen molar-refractivity contribution in [1.29, 1.82) is 0 Å². The van der Waals surface area contributed by atoms with Crippen molar-refractivity contribution in [1.82, 2.24) is 13.6 Å². The molecule has 0 saturated carbocycles. The Hall–Kier alpha value is -1.01. The quantitative estimate of drug-likeness (QED) is 0.788. The maximum absolute atomic E-state index is 11.8. The first-order valence-electron chi connectivity index (χ1n) is 4.25. The van der Waals surface area contributed by atoms with E-state index in [1.807, 2.05) is 13.8 Å². The molecule has 6 heteroatoms. The topological polar surface area (TPSA) is 72.1 Å². The molecule has 0 aliphatic rings. The second-order valence-electron chi connectivity index (χ2n) is 3.67. The second kappa shape index (κ2) is 4.02. The zero-order valence-electron chi connectivity index (χ0n) is 8.52. The molecule has 2 N–H and O–H groups in total. The van der Waals surface area contributed by atoms with Gasteiger partial charge in [-0.25, -0.2) is 0 Å². The average Bonchev–Trinajstić information content (AvgIpc) is 2.68. The SMILES string of the molecule is CN(C(=O)c1cnsn1)C(C)(C)CN. The molecule has 1 heterocycles. The Morgan fingerprint density at radius 1 is 1.71 bits per heavy atom. The molecule has 0 aromatic carbocycles. The van der Waals surface area contributed by atoms with E-state index in [9.17, 15) is 4.79 Å². The van der Waals surface area contributed by atoms with E-state index >= 15 is 0 Å². The number of likely N-dealkylation sites (N-methyl/N-ethyl adjacent to an activating group) is 1. The third kappa shape index (κ3) is 2.08. The summed E-state index contributed by atoms with van der Waals surface area (Å²) < 4.78 is 7.67. The van der Waals surface area contributed by atoms with Crippen molar-refractivity contribution in [3.63, 3.8) is 0 Å². The first-order chi connectivity index (χ1) is 6.49. The zero-order chi connectivity index (χ0) is 10.8. The highest BCUT2D eigenvalue weighted by molar-refractivity contribution is 6.99. The minimum Gasteiger partial charge on any atom is -0.334 e. The summed E-state index contributed by atoms with van der Waals surface area (Å²) in [5, 5.41) is 0. The van der Waals surface area contributed by atoms with Gasteiger partial charge in [0, 0.05) is 19.1 Å². The number of aromatic nitrogens is 2. The van der Waals surface area contributed by atoms with E-state index in [2.05, 4.69) is 8.75 Å². The Bertz CT molecular complexity index is 309. The highest BCUT2D eigenvalue weighted by Gasteiger charge is 2.27. The van der Waals surface area contributed by atoms with Gasteiger partial charge in [0.15, 0.2) is 5.69 Å². The maximum atomic E-state index is 11.8. The molecule has 0 spiro atoms. The largest absolute Gasteiger partial charge is 0.334 e. The highest BCUT2D eigenvalue weighted by atomic mass is 32.1. The van der Waals surface area contributed by atoms with Crippen molar-refractivity contribution in [3.8, 4) is 0 Å². The molecular weight excluding hydrogens is 200 g/mol. The zero-order valence-corrected chi connectivity index (χ0v) is 9.34. The molecule has 0 aliphatic heterocycles. The van der Waals surface area contributed by atoms with Crippen LogP contribution in [-0.2, 0) is 0 Å². The molecule has 0 unspecified atom stereocenters. The van der Waals surface area contributed by atoms with Gasteiger partial charge in [-0.15, -0.1) is 0 Å². The first kappa shape index (κ1) is 11.1. The second-order valence-corrected chi connectivity index (χ2v) is 4.23. The summed E-state index contributed by atoms with van der Waals surface area (Å²) in [6.07, 6.45) is 1.47. The van der Waals surface area contributed by atoms with Crippen LogP contribution in [0.25, 0.3) is 0 Å². The molecule has 14 heavy (non-hydrogen) atoms. The van der Waals surface area contributed by atoms with Gasteiger partial charge in [-0.2, -0.15) is 8.75 Å². The van der Waals surface area contributed by atoms with Gasteiger partial charge in [-0.05, 0) is 13.8 Å². The third-order valence-electron chi connectivity index (χ3n) is 2.29. The van der Waals surface area contributed by atoms with E-state index in [1.54, 1.807) is 11.9 Å². The van der Waals surface area contributed by atoms with E-state index in [-0.39, 0.29) is 11.4 Å². The molecule has 0 aliphatic carbocycles. The van der Waals surface area contributed by atoms with Crippen molar-refractivity contribution in [2.75, 3.05) is 13.6 Å². The number of hydrogen-bond donors (Lipinski definition) is 1. The molecule has 1 aromatic rings. The van der Waals surface area contributed by atoms with Crippen LogP contribution in [-0.4, -0.2) is 38.7 Å². The Kier molecular flexibility index (Phi) is 3.17. The summed E-state index contributed by atoms with van der Waals surface area (Å²) >= 11 is 1.02. The highest BCUT2D eigenvalue weighted by Crippen LogP contribution is 2.13. The van der Waals surface area contributed by atoms with Gasteiger partial charge in [0.25, 0.3) is 5.91 Å². The van der Waals surface area contributed by atoms with Crippen LogP contribution in [0.2, 0.25) is 0 Å². The average molecular weight is 214 g/mol. The lowest BCUT2D eigenvalue weighted by Gasteiger charge is -2.33. The van der Waals surface area contributed by atoms with Crippen LogP contribution in [0.1, 0.15) is 24.3 Å². The van der Waals surface area contributed by atoms with Crippen LogP contribution in [0.5, 0.6) is 0 Å². The smallest absolute Gasteiger partial charge is 0.275 e. The molecular formula is C8H14N4OS. The molecule has 0 radical (unpaired) electrons. The van der Waals surface area contributed by atoms with Crippen molar-refractivity contribution in [2.45, 2.75) is 19.4 Å². The van der Waals surface area contributed by atoms with Gasteiger partial charge in [0.05, 0.1) is 17.9 Å². The Balaban J connectivity index is 2.81. The molecule has 1 aromatic heterocycles. The lowest BCUT2D eigenvalue weighted by atomic mass is 10.0. The van der Waals surface area contributed by atoms with Crippen molar-refractivity contribution < 1.29 is 4.79 Å². The van der Waals surface area contributed by atoms with Crippen LogP contribution in [0.4, 0.5) is 0 Å². The maximum Gasteiger partial charge on any atom is 0.275 e. The van der Waals surface area contributed by atoms with Gasteiger partial charge in [-0.1, -0.05) is 0 Å². The Labute approximate surface area is 87.2 Å². The van der Waals surface area contributed by atoms with Crippen LogP contribution in [0, 0.1) is 0 Å². The normalized spacial score (nSPS) is 11.4. The summed E-state index contributed by atoms with van der Waals surface area (Å²) in [5.74, 6) is -0.144. The number of carbonyl (C=O) groups excluding carboxylic acids is 1. The molecule has 0 atom stereocenters. The van der Waals surface area contributed by atoms with Crippen LogP contribution in [0.3, 0.4) is 0 Å². The minimum atomic E-state index is -0.360. The summed E-state index contributed by atoms with van der Waals surface area (Å²) in [4.78, 5) is 13.4. The number of hydrogen-bond acceptors (Lipinski definition) is 5. The van der Waals surface area contributed by atoms with Crippen LogP contribution in [0.15, 0.2) is 6.20 Å². The number of carbonyl (C=O) groups is 1. The Morgan fingerprint density at radius 2 is 2.36 bits per heavy atom. The summed E-state index contributed by atoms with van der Waals surface area (Å²) in [6.45, 7) is 4.22. The lowest BCUT2D eigenvalue weighted by Crippen LogP contribution is -2.50. The molecule has 0 saturated heterocycles. The van der Waals surface area contributed by atoms with E-state index in [0.717, 1.165) is 11.7 Å². The predicted octanol–water partition coefficient (Wildman–Crippen LogP) is 0.347.